The Bertz CT molecular complexity index is 630. The van der Waals surface area contributed by atoms with E-state index in [4.69, 9.17) is 9.47 Å². The Morgan fingerprint density at radius 1 is 1.07 bits per heavy atom. The predicted molar refractivity (Wildman–Crippen MR) is 104 cm³/mol. The lowest BCUT2D eigenvalue weighted by atomic mass is 10.0. The third-order valence-corrected chi connectivity index (χ3v) is 4.84. The first-order valence-corrected chi connectivity index (χ1v) is 9.52. The van der Waals surface area contributed by atoms with Crippen LogP contribution in [-0.2, 0) is 9.59 Å². The maximum atomic E-state index is 12.1. The average molecular weight is 377 g/mol. The van der Waals surface area contributed by atoms with Gasteiger partial charge in [0.15, 0.2) is 11.5 Å². The molecule has 0 radical (unpaired) electrons. The van der Waals surface area contributed by atoms with Crippen molar-refractivity contribution >= 4 is 11.8 Å². The number of amides is 2. The van der Waals surface area contributed by atoms with Crippen molar-refractivity contribution < 1.29 is 19.1 Å². The Labute approximate surface area is 161 Å². The van der Waals surface area contributed by atoms with Gasteiger partial charge in [-0.2, -0.15) is 0 Å². The highest BCUT2D eigenvalue weighted by atomic mass is 16.5. The largest absolute Gasteiger partial charge is 0.493 e. The van der Waals surface area contributed by atoms with Crippen LogP contribution in [0.15, 0.2) is 18.2 Å². The summed E-state index contributed by atoms with van der Waals surface area (Å²) in [6.07, 6.45) is 3.86. The molecule has 1 aliphatic rings. The van der Waals surface area contributed by atoms with E-state index in [0.29, 0.717) is 24.6 Å². The highest BCUT2D eigenvalue weighted by molar-refractivity contribution is 5.77. The van der Waals surface area contributed by atoms with Gasteiger partial charge in [-0.15, -0.1) is 0 Å². The van der Waals surface area contributed by atoms with Crippen LogP contribution in [-0.4, -0.2) is 57.1 Å². The first-order chi connectivity index (χ1) is 13.0. The molecule has 1 saturated heterocycles. The second-order valence-electron chi connectivity index (χ2n) is 6.76. The summed E-state index contributed by atoms with van der Waals surface area (Å²) in [5.74, 6) is 1.19. The Kier molecular flexibility index (Phi) is 8.39. The van der Waals surface area contributed by atoms with Gasteiger partial charge in [-0.05, 0) is 43.6 Å². The number of hydrogen-bond donors (Lipinski definition) is 2. The lowest BCUT2D eigenvalue weighted by Gasteiger charge is -2.35. The van der Waals surface area contributed by atoms with Gasteiger partial charge in [-0.1, -0.05) is 12.5 Å². The zero-order valence-corrected chi connectivity index (χ0v) is 16.5. The van der Waals surface area contributed by atoms with E-state index in [9.17, 15) is 9.59 Å². The minimum Gasteiger partial charge on any atom is -0.493 e. The standard InChI is InChI=1S/C20H31N3O4/c1-15(24)21-10-9-20(25)22-14-17(23-11-5-4-6-12-23)16-7-8-18(26-2)19(13-16)27-3/h7-8,13,17H,4-6,9-12,14H2,1-3H3,(H,21,24)(H,22,25). The van der Waals surface area contributed by atoms with Crippen LogP contribution in [0, 0.1) is 0 Å². The summed E-state index contributed by atoms with van der Waals surface area (Å²) in [5, 5.41) is 5.66. The Balaban J connectivity index is 2.07. The Morgan fingerprint density at radius 3 is 2.41 bits per heavy atom. The van der Waals surface area contributed by atoms with Gasteiger partial charge in [0.1, 0.15) is 0 Å². The second-order valence-corrected chi connectivity index (χ2v) is 6.76. The molecule has 2 rings (SSSR count). The van der Waals surface area contributed by atoms with Crippen molar-refractivity contribution in [1.82, 2.24) is 15.5 Å². The first kappa shape index (κ1) is 21.0. The lowest BCUT2D eigenvalue weighted by Crippen LogP contribution is -2.41. The summed E-state index contributed by atoms with van der Waals surface area (Å²) < 4.78 is 10.8. The van der Waals surface area contributed by atoms with Crippen molar-refractivity contribution in [2.75, 3.05) is 40.4 Å². The van der Waals surface area contributed by atoms with Crippen molar-refractivity contribution in [3.63, 3.8) is 0 Å². The van der Waals surface area contributed by atoms with Gasteiger partial charge >= 0.3 is 0 Å². The van der Waals surface area contributed by atoms with Crippen LogP contribution in [0.2, 0.25) is 0 Å². The molecule has 7 nitrogen and oxygen atoms in total. The molecule has 1 fully saturated rings. The molecular formula is C20H31N3O4. The third-order valence-electron chi connectivity index (χ3n) is 4.84. The van der Waals surface area contributed by atoms with E-state index < -0.39 is 0 Å². The van der Waals surface area contributed by atoms with Crippen LogP contribution in [0.25, 0.3) is 0 Å². The number of carbonyl (C=O) groups excluding carboxylic acids is 2. The smallest absolute Gasteiger partial charge is 0.221 e. The number of nitrogens with one attached hydrogen (secondary N) is 2. The fourth-order valence-corrected chi connectivity index (χ4v) is 3.40. The maximum absolute atomic E-state index is 12.1. The molecule has 0 saturated carbocycles. The minimum atomic E-state index is -0.126. The van der Waals surface area contributed by atoms with E-state index >= 15 is 0 Å². The molecule has 150 valence electrons. The lowest BCUT2D eigenvalue weighted by molar-refractivity contribution is -0.121. The molecular weight excluding hydrogens is 346 g/mol. The van der Waals surface area contributed by atoms with E-state index in [1.54, 1.807) is 14.2 Å². The molecule has 0 aromatic heterocycles. The van der Waals surface area contributed by atoms with Gasteiger partial charge in [0.2, 0.25) is 11.8 Å². The number of likely N-dealkylation sites (tertiary alicyclic amines) is 1. The van der Waals surface area contributed by atoms with E-state index in [1.165, 1.54) is 26.2 Å². The van der Waals surface area contributed by atoms with Gasteiger partial charge in [0.05, 0.1) is 20.3 Å². The van der Waals surface area contributed by atoms with Gasteiger partial charge in [-0.25, -0.2) is 0 Å². The van der Waals surface area contributed by atoms with Crippen molar-refractivity contribution in [3.05, 3.63) is 23.8 Å². The number of piperidine rings is 1. The topological polar surface area (TPSA) is 79.9 Å². The SMILES string of the molecule is COc1ccc(C(CNC(=O)CCNC(C)=O)N2CCCCC2)cc1OC. The van der Waals surface area contributed by atoms with Crippen LogP contribution >= 0.6 is 0 Å². The van der Waals surface area contributed by atoms with Crippen LogP contribution in [0.1, 0.15) is 44.2 Å². The summed E-state index contributed by atoms with van der Waals surface area (Å²) in [7, 11) is 3.25. The third kappa shape index (κ3) is 6.43. The molecule has 0 spiro atoms. The molecule has 1 atom stereocenters. The van der Waals surface area contributed by atoms with Gasteiger partial charge in [-0.3, -0.25) is 14.5 Å². The number of ether oxygens (including phenoxy) is 2. The van der Waals surface area contributed by atoms with Crippen molar-refractivity contribution in [2.45, 2.75) is 38.6 Å². The average Bonchev–Trinajstić information content (AvgIpc) is 2.68. The monoisotopic (exact) mass is 377 g/mol. The quantitative estimate of drug-likeness (QED) is 0.687. The molecule has 2 amide bonds. The van der Waals surface area contributed by atoms with E-state index in [1.807, 2.05) is 18.2 Å². The van der Waals surface area contributed by atoms with E-state index in [-0.39, 0.29) is 24.3 Å². The van der Waals surface area contributed by atoms with Crippen LogP contribution < -0.4 is 20.1 Å². The zero-order chi connectivity index (χ0) is 19.6. The minimum absolute atomic E-state index is 0.0637. The van der Waals surface area contributed by atoms with Crippen LogP contribution in [0.4, 0.5) is 0 Å². The molecule has 0 bridgehead atoms. The van der Waals surface area contributed by atoms with Gasteiger partial charge < -0.3 is 20.1 Å². The van der Waals surface area contributed by atoms with E-state index in [2.05, 4.69) is 15.5 Å². The fourth-order valence-electron chi connectivity index (χ4n) is 3.40. The molecule has 1 aliphatic heterocycles. The zero-order valence-electron chi connectivity index (χ0n) is 16.5. The first-order valence-electron chi connectivity index (χ1n) is 9.52. The summed E-state index contributed by atoms with van der Waals surface area (Å²) in [6, 6.07) is 6.00. The Morgan fingerprint density at radius 2 is 1.78 bits per heavy atom. The Hall–Kier alpha value is -2.28. The highest BCUT2D eigenvalue weighted by Gasteiger charge is 2.24. The number of methoxy groups -OCH3 is 2. The van der Waals surface area contributed by atoms with Crippen LogP contribution in [0.3, 0.4) is 0 Å². The molecule has 27 heavy (non-hydrogen) atoms. The molecule has 1 heterocycles. The molecule has 2 N–H and O–H groups in total. The summed E-state index contributed by atoms with van der Waals surface area (Å²) in [6.45, 7) is 4.35. The molecule has 0 aliphatic carbocycles. The number of carbonyl (C=O) groups is 2. The number of rotatable bonds is 9. The van der Waals surface area contributed by atoms with Crippen molar-refractivity contribution in [2.24, 2.45) is 0 Å². The van der Waals surface area contributed by atoms with Gasteiger partial charge in [0, 0.05) is 26.4 Å². The van der Waals surface area contributed by atoms with Crippen molar-refractivity contribution in [1.29, 1.82) is 0 Å². The summed E-state index contributed by atoms with van der Waals surface area (Å²) in [5.41, 5.74) is 1.09. The van der Waals surface area contributed by atoms with Gasteiger partial charge in [0.25, 0.3) is 0 Å². The normalized spacial score (nSPS) is 15.7. The molecule has 7 heteroatoms. The predicted octanol–water partition coefficient (Wildman–Crippen LogP) is 1.87. The van der Waals surface area contributed by atoms with E-state index in [0.717, 1.165) is 18.7 Å². The molecule has 1 aromatic rings. The summed E-state index contributed by atoms with van der Waals surface area (Å²) >= 11 is 0. The van der Waals surface area contributed by atoms with Crippen molar-refractivity contribution in [3.8, 4) is 11.5 Å². The maximum Gasteiger partial charge on any atom is 0.221 e. The number of benzene rings is 1. The molecule has 1 unspecified atom stereocenters. The second kappa shape index (κ2) is 10.8. The van der Waals surface area contributed by atoms with Crippen LogP contribution in [0.5, 0.6) is 11.5 Å². The highest BCUT2D eigenvalue weighted by Crippen LogP contribution is 2.32. The fraction of sp³-hybridized carbons (Fsp3) is 0.600. The number of hydrogen-bond acceptors (Lipinski definition) is 5. The number of nitrogens with zero attached hydrogens (tertiary/aromatic N) is 1. The molecule has 1 aromatic carbocycles. The summed E-state index contributed by atoms with van der Waals surface area (Å²) in [4.78, 5) is 25.5.